The highest BCUT2D eigenvalue weighted by Gasteiger charge is 2.71. The minimum absolute atomic E-state index is 0.0171. The van der Waals surface area contributed by atoms with Crippen LogP contribution in [0.4, 0.5) is 0 Å². The molecule has 192 valence electrons. The first-order chi connectivity index (χ1) is 15.6. The Hall–Kier alpha value is -0.710. The molecule has 0 heterocycles. The second kappa shape index (κ2) is 7.19. The molecule has 0 saturated heterocycles. The van der Waals surface area contributed by atoms with E-state index in [2.05, 4.69) is 54.5 Å². The molecule has 3 N–H and O–H groups in total. The zero-order valence-corrected chi connectivity index (χ0v) is 22.5. The van der Waals surface area contributed by atoms with E-state index in [0.717, 1.165) is 44.8 Å². The number of hydrogen-bond acceptors (Lipinski definition) is 4. The second-order valence-electron chi connectivity index (χ2n) is 15.1. The highest BCUT2D eigenvalue weighted by molar-refractivity contribution is 5.65. The van der Waals surface area contributed by atoms with Crippen molar-refractivity contribution in [3.63, 3.8) is 0 Å². The predicted octanol–water partition coefficient (Wildman–Crippen LogP) is 5.29. The zero-order chi connectivity index (χ0) is 25.1. The number of fused-ring (bicyclic) bond motifs is 7. The van der Waals surface area contributed by atoms with E-state index in [1.54, 1.807) is 0 Å². The summed E-state index contributed by atoms with van der Waals surface area (Å²) >= 11 is 0. The van der Waals surface area contributed by atoms with Gasteiger partial charge in [0.05, 0.1) is 23.7 Å². The normalized spacial score (nSPS) is 55.6. The maximum atomic E-state index is 12.7. The van der Waals surface area contributed by atoms with E-state index < -0.39 is 17.6 Å². The molecule has 0 amide bonds. The quantitative estimate of drug-likeness (QED) is 0.358. The van der Waals surface area contributed by atoms with Crippen molar-refractivity contribution in [2.24, 2.45) is 50.2 Å². The predicted molar refractivity (Wildman–Crippen MR) is 134 cm³/mol. The number of aliphatic hydroxyl groups is 3. The molecule has 34 heavy (non-hydrogen) atoms. The van der Waals surface area contributed by atoms with E-state index in [9.17, 15) is 20.1 Å². The standard InChI is InChI=1S/C30H48O4/c1-25(2)14-19-18-8-9-21-27(5)12-11-22(32)26(3,4)20(27)10-13-28(21,6)29(18,7)16-24(34)30(19,17-31)23(33)15-25/h8,17,19-24,32-34H,9-16H2,1-7H3/t19-,20+,21+,22-,23-,24+,27-,28+,29+,30+/m0/s1. The summed E-state index contributed by atoms with van der Waals surface area (Å²) in [6.07, 6.45) is 8.53. The van der Waals surface area contributed by atoms with Crippen molar-refractivity contribution in [2.75, 3.05) is 0 Å². The fourth-order valence-corrected chi connectivity index (χ4v) is 10.8. The van der Waals surface area contributed by atoms with Gasteiger partial charge in [-0.1, -0.05) is 60.1 Å². The van der Waals surface area contributed by atoms with Crippen LogP contribution < -0.4 is 0 Å². The molecule has 10 atom stereocenters. The van der Waals surface area contributed by atoms with Crippen molar-refractivity contribution in [1.29, 1.82) is 0 Å². The van der Waals surface area contributed by atoms with Crippen LogP contribution in [0.2, 0.25) is 0 Å². The van der Waals surface area contributed by atoms with Crippen LogP contribution in [0.3, 0.4) is 0 Å². The lowest BCUT2D eigenvalue weighted by Gasteiger charge is -2.71. The molecule has 0 radical (unpaired) electrons. The Morgan fingerprint density at radius 3 is 2.12 bits per heavy atom. The molecule has 0 aromatic rings. The molecule has 5 rings (SSSR count). The first-order valence-electron chi connectivity index (χ1n) is 13.8. The van der Waals surface area contributed by atoms with E-state index in [0.29, 0.717) is 24.7 Å². The molecule has 4 fully saturated rings. The minimum atomic E-state index is -1.08. The lowest BCUT2D eigenvalue weighted by Crippen LogP contribution is -2.68. The SMILES string of the molecule is CC1(C)C[C@H](O)[C@]2(C=O)[C@H](O)C[C@]3(C)C(=CC[C@@H]4[C@@]5(C)CC[C@H](O)C(C)(C)[C@H]5CC[C@]43C)[C@@H]2C1. The van der Waals surface area contributed by atoms with Crippen molar-refractivity contribution in [3.05, 3.63) is 11.6 Å². The van der Waals surface area contributed by atoms with Gasteiger partial charge in [0.2, 0.25) is 0 Å². The summed E-state index contributed by atoms with van der Waals surface area (Å²) in [5, 5.41) is 33.8. The maximum Gasteiger partial charge on any atom is 0.131 e. The number of allylic oxidation sites excluding steroid dienone is 2. The molecule has 4 saturated carbocycles. The van der Waals surface area contributed by atoms with Gasteiger partial charge in [0.1, 0.15) is 6.29 Å². The number of rotatable bonds is 1. The summed E-state index contributed by atoms with van der Waals surface area (Å²) in [5.41, 5.74) is 0.0679. The smallest absolute Gasteiger partial charge is 0.131 e. The van der Waals surface area contributed by atoms with Gasteiger partial charge in [0.25, 0.3) is 0 Å². The number of aliphatic hydroxyl groups excluding tert-OH is 3. The molecular formula is C30H48O4. The highest BCUT2D eigenvalue weighted by Crippen LogP contribution is 2.75. The Kier molecular flexibility index (Phi) is 5.28. The monoisotopic (exact) mass is 472 g/mol. The molecule has 0 aromatic carbocycles. The molecule has 4 nitrogen and oxygen atoms in total. The van der Waals surface area contributed by atoms with Gasteiger partial charge >= 0.3 is 0 Å². The fourth-order valence-electron chi connectivity index (χ4n) is 10.8. The van der Waals surface area contributed by atoms with E-state index in [1.165, 1.54) is 5.57 Å². The van der Waals surface area contributed by atoms with Gasteiger partial charge in [-0.25, -0.2) is 0 Å². The van der Waals surface area contributed by atoms with E-state index >= 15 is 0 Å². The Labute approximate surface area is 206 Å². The average molecular weight is 473 g/mol. The van der Waals surface area contributed by atoms with Gasteiger partial charge in [-0.3, -0.25) is 0 Å². The summed E-state index contributed by atoms with van der Waals surface area (Å²) in [6.45, 7) is 16.2. The van der Waals surface area contributed by atoms with E-state index in [-0.39, 0.29) is 39.1 Å². The summed E-state index contributed by atoms with van der Waals surface area (Å²) in [7, 11) is 0. The van der Waals surface area contributed by atoms with Crippen LogP contribution in [-0.2, 0) is 4.79 Å². The van der Waals surface area contributed by atoms with Gasteiger partial charge in [-0.15, -0.1) is 0 Å². The minimum Gasteiger partial charge on any atom is -0.393 e. The number of carbonyl (C=O) groups excluding carboxylic acids is 1. The maximum absolute atomic E-state index is 12.7. The van der Waals surface area contributed by atoms with Crippen LogP contribution in [0.5, 0.6) is 0 Å². The van der Waals surface area contributed by atoms with Crippen LogP contribution in [0.1, 0.15) is 99.8 Å². The number of aldehydes is 1. The number of hydrogen-bond donors (Lipinski definition) is 3. The molecule has 0 aliphatic heterocycles. The van der Waals surface area contributed by atoms with Crippen LogP contribution in [0, 0.1) is 50.2 Å². The highest BCUT2D eigenvalue weighted by atomic mass is 16.3. The van der Waals surface area contributed by atoms with Crippen molar-refractivity contribution in [3.8, 4) is 0 Å². The van der Waals surface area contributed by atoms with Gasteiger partial charge in [0.15, 0.2) is 0 Å². The van der Waals surface area contributed by atoms with Crippen molar-refractivity contribution in [1.82, 2.24) is 0 Å². The van der Waals surface area contributed by atoms with E-state index in [4.69, 9.17) is 0 Å². The van der Waals surface area contributed by atoms with Gasteiger partial charge in [-0.05, 0) is 96.2 Å². The van der Waals surface area contributed by atoms with Gasteiger partial charge in [0, 0.05) is 0 Å². The topological polar surface area (TPSA) is 77.8 Å². The lowest BCUT2D eigenvalue weighted by molar-refractivity contribution is -0.223. The first kappa shape index (κ1) is 25.0. The van der Waals surface area contributed by atoms with Crippen LogP contribution in [0.15, 0.2) is 11.6 Å². The number of carbonyl (C=O) groups is 1. The summed E-state index contributed by atoms with van der Waals surface area (Å²) in [5.74, 6) is 0.862. The average Bonchev–Trinajstić information content (AvgIpc) is 2.71. The summed E-state index contributed by atoms with van der Waals surface area (Å²) in [6, 6.07) is 0. The Morgan fingerprint density at radius 2 is 1.47 bits per heavy atom. The molecule has 0 spiro atoms. The summed E-state index contributed by atoms with van der Waals surface area (Å²) in [4.78, 5) is 12.7. The second-order valence-corrected chi connectivity index (χ2v) is 15.1. The first-order valence-corrected chi connectivity index (χ1v) is 13.8. The van der Waals surface area contributed by atoms with E-state index in [1.807, 2.05) is 0 Å². The zero-order valence-electron chi connectivity index (χ0n) is 22.5. The third-order valence-electron chi connectivity index (χ3n) is 12.9. The largest absolute Gasteiger partial charge is 0.393 e. The summed E-state index contributed by atoms with van der Waals surface area (Å²) < 4.78 is 0. The third-order valence-corrected chi connectivity index (χ3v) is 12.9. The van der Waals surface area contributed by atoms with Crippen LogP contribution >= 0.6 is 0 Å². The molecule has 4 heteroatoms. The molecular weight excluding hydrogens is 424 g/mol. The van der Waals surface area contributed by atoms with Gasteiger partial charge in [-0.2, -0.15) is 0 Å². The van der Waals surface area contributed by atoms with Crippen LogP contribution in [0.25, 0.3) is 0 Å². The Bertz CT molecular complexity index is 905. The Morgan fingerprint density at radius 1 is 0.824 bits per heavy atom. The van der Waals surface area contributed by atoms with Crippen molar-refractivity contribution in [2.45, 2.75) is 118 Å². The third kappa shape index (κ3) is 2.80. The molecule has 0 bridgehead atoms. The Balaban J connectivity index is 1.63. The molecule has 5 aliphatic rings. The molecule has 0 unspecified atom stereocenters. The van der Waals surface area contributed by atoms with Crippen LogP contribution in [-0.4, -0.2) is 39.9 Å². The van der Waals surface area contributed by atoms with Gasteiger partial charge < -0.3 is 20.1 Å². The fraction of sp³-hybridized carbons (Fsp3) is 0.900. The van der Waals surface area contributed by atoms with Crippen molar-refractivity contribution >= 4 is 6.29 Å². The molecule has 5 aliphatic carbocycles. The lowest BCUT2D eigenvalue weighted by atomic mass is 9.33. The molecule has 0 aromatic heterocycles. The van der Waals surface area contributed by atoms with Crippen molar-refractivity contribution < 1.29 is 20.1 Å².